The monoisotopic (exact) mass is 274 g/mol. The molecule has 1 aromatic carbocycles. The fraction of sp³-hybridized carbons (Fsp3) is 0.588. The lowest BCUT2D eigenvalue weighted by Gasteiger charge is -2.32. The van der Waals surface area contributed by atoms with Crippen LogP contribution in [0.3, 0.4) is 0 Å². The van der Waals surface area contributed by atoms with Gasteiger partial charge in [-0.1, -0.05) is 50.1 Å². The van der Waals surface area contributed by atoms with Gasteiger partial charge >= 0.3 is 0 Å². The Labute approximate surface area is 122 Å². The summed E-state index contributed by atoms with van der Waals surface area (Å²) in [5.41, 5.74) is 1.40. The van der Waals surface area contributed by atoms with Crippen molar-refractivity contribution < 1.29 is 4.79 Å². The van der Waals surface area contributed by atoms with Gasteiger partial charge in [-0.2, -0.15) is 0 Å². The minimum Gasteiger partial charge on any atom is -0.355 e. The number of carbonyl (C=O) groups is 1. The molecule has 3 nitrogen and oxygen atoms in total. The van der Waals surface area contributed by atoms with Crippen LogP contribution in [0.25, 0.3) is 0 Å². The number of amides is 1. The van der Waals surface area contributed by atoms with E-state index in [1.807, 2.05) is 0 Å². The number of rotatable bonds is 6. The Bertz CT molecular complexity index is 405. The van der Waals surface area contributed by atoms with Crippen molar-refractivity contribution in [1.29, 1.82) is 0 Å². The van der Waals surface area contributed by atoms with Gasteiger partial charge in [-0.25, -0.2) is 0 Å². The van der Waals surface area contributed by atoms with Crippen molar-refractivity contribution in [2.75, 3.05) is 13.1 Å². The van der Waals surface area contributed by atoms with Crippen molar-refractivity contribution in [3.05, 3.63) is 35.9 Å². The topological polar surface area (TPSA) is 41.1 Å². The second kappa shape index (κ2) is 8.05. The van der Waals surface area contributed by atoms with Gasteiger partial charge in [-0.3, -0.25) is 4.79 Å². The van der Waals surface area contributed by atoms with Crippen LogP contribution in [0.15, 0.2) is 30.3 Å². The third kappa shape index (κ3) is 4.34. The molecular formula is C17H26N2O. The summed E-state index contributed by atoms with van der Waals surface area (Å²) in [4.78, 5) is 11.7. The molecule has 2 rings (SSSR count). The maximum Gasteiger partial charge on any atom is 0.233 e. The Morgan fingerprint density at radius 2 is 1.95 bits per heavy atom. The molecule has 3 heteroatoms. The molecule has 1 fully saturated rings. The first-order chi connectivity index (χ1) is 9.81. The lowest BCUT2D eigenvalue weighted by atomic mass is 9.80. The van der Waals surface area contributed by atoms with Gasteiger partial charge in [-0.15, -0.1) is 0 Å². The van der Waals surface area contributed by atoms with Crippen LogP contribution in [0, 0.1) is 0 Å². The molecule has 0 spiro atoms. The van der Waals surface area contributed by atoms with E-state index in [4.69, 9.17) is 0 Å². The van der Waals surface area contributed by atoms with Crippen molar-refractivity contribution in [2.45, 2.75) is 51.0 Å². The molecular weight excluding hydrogens is 248 g/mol. The van der Waals surface area contributed by atoms with E-state index in [9.17, 15) is 4.79 Å². The molecule has 20 heavy (non-hydrogen) atoms. The molecule has 1 amide bonds. The second-order valence-corrected chi connectivity index (χ2v) is 5.64. The van der Waals surface area contributed by atoms with Crippen molar-refractivity contribution in [2.24, 2.45) is 0 Å². The lowest BCUT2D eigenvalue weighted by Crippen LogP contribution is -2.43. The third-order valence-electron chi connectivity index (χ3n) is 4.09. The van der Waals surface area contributed by atoms with Crippen molar-refractivity contribution in [3.63, 3.8) is 0 Å². The summed E-state index contributed by atoms with van der Waals surface area (Å²) >= 11 is 0. The molecule has 2 unspecified atom stereocenters. The van der Waals surface area contributed by atoms with E-state index in [2.05, 4.69) is 47.9 Å². The van der Waals surface area contributed by atoms with Gasteiger partial charge in [0.2, 0.25) is 5.91 Å². The van der Waals surface area contributed by atoms with E-state index in [0.717, 1.165) is 13.0 Å². The second-order valence-electron chi connectivity index (χ2n) is 5.64. The zero-order valence-electron chi connectivity index (χ0n) is 12.4. The van der Waals surface area contributed by atoms with Gasteiger partial charge in [-0.05, 0) is 30.7 Å². The summed E-state index contributed by atoms with van der Waals surface area (Å²) in [5.74, 6) is 0.660. The first-order valence-corrected chi connectivity index (χ1v) is 7.86. The Kier molecular flexibility index (Phi) is 6.06. The summed E-state index contributed by atoms with van der Waals surface area (Å²) in [7, 11) is 0. The lowest BCUT2D eigenvalue weighted by molar-refractivity contribution is -0.120. The Hall–Kier alpha value is -1.35. The van der Waals surface area contributed by atoms with Crippen LogP contribution >= 0.6 is 0 Å². The average Bonchev–Trinajstić information content (AvgIpc) is 2.52. The maximum atomic E-state index is 11.7. The molecule has 1 aliphatic rings. The highest BCUT2D eigenvalue weighted by Crippen LogP contribution is 2.32. The number of hydrogen-bond acceptors (Lipinski definition) is 2. The summed E-state index contributed by atoms with van der Waals surface area (Å²) in [5, 5.41) is 6.39. The summed E-state index contributed by atoms with van der Waals surface area (Å²) < 4.78 is 0. The Morgan fingerprint density at radius 1 is 1.20 bits per heavy atom. The molecule has 0 bridgehead atoms. The molecule has 0 saturated heterocycles. The highest BCUT2D eigenvalue weighted by Gasteiger charge is 2.26. The molecule has 0 aromatic heterocycles. The predicted molar refractivity (Wildman–Crippen MR) is 82.7 cm³/mol. The van der Waals surface area contributed by atoms with Gasteiger partial charge in [0.1, 0.15) is 0 Å². The molecule has 0 radical (unpaired) electrons. The van der Waals surface area contributed by atoms with Crippen LogP contribution in [0.4, 0.5) is 0 Å². The van der Waals surface area contributed by atoms with E-state index in [-0.39, 0.29) is 5.91 Å². The van der Waals surface area contributed by atoms with E-state index in [0.29, 0.717) is 18.5 Å². The van der Waals surface area contributed by atoms with E-state index in [1.54, 1.807) is 0 Å². The predicted octanol–water partition coefficient (Wildman–Crippen LogP) is 2.83. The fourth-order valence-electron chi connectivity index (χ4n) is 3.03. The van der Waals surface area contributed by atoms with Crippen LogP contribution in [-0.2, 0) is 4.79 Å². The van der Waals surface area contributed by atoms with Crippen LogP contribution < -0.4 is 10.6 Å². The third-order valence-corrected chi connectivity index (χ3v) is 4.09. The van der Waals surface area contributed by atoms with Crippen LogP contribution in [0.5, 0.6) is 0 Å². The first kappa shape index (κ1) is 15.0. The number of benzene rings is 1. The largest absolute Gasteiger partial charge is 0.355 e. The molecule has 1 aliphatic carbocycles. The zero-order valence-corrected chi connectivity index (χ0v) is 12.4. The minimum absolute atomic E-state index is 0.115. The standard InChI is InChI=1S/C17H26N2O/c1-2-12-18-17(20)13-19-16-11-7-6-10-15(16)14-8-4-3-5-9-14/h3-5,8-9,15-16,19H,2,6-7,10-13H2,1H3,(H,18,20). The smallest absolute Gasteiger partial charge is 0.233 e. The number of carbonyl (C=O) groups excluding carboxylic acids is 1. The molecule has 2 atom stereocenters. The quantitative estimate of drug-likeness (QED) is 0.837. The zero-order chi connectivity index (χ0) is 14.2. The van der Waals surface area contributed by atoms with Gasteiger partial charge in [0.05, 0.1) is 6.54 Å². The van der Waals surface area contributed by atoms with Crippen molar-refractivity contribution >= 4 is 5.91 Å². The Morgan fingerprint density at radius 3 is 2.70 bits per heavy atom. The van der Waals surface area contributed by atoms with Gasteiger partial charge in [0.15, 0.2) is 0 Å². The molecule has 2 N–H and O–H groups in total. The SMILES string of the molecule is CCCNC(=O)CNC1CCCCC1c1ccccc1. The van der Waals surface area contributed by atoms with E-state index >= 15 is 0 Å². The van der Waals surface area contributed by atoms with Gasteiger partial charge in [0, 0.05) is 12.6 Å². The maximum absolute atomic E-state index is 11.7. The highest BCUT2D eigenvalue weighted by molar-refractivity contribution is 5.77. The summed E-state index contributed by atoms with van der Waals surface area (Å²) in [6.45, 7) is 3.28. The summed E-state index contributed by atoms with van der Waals surface area (Å²) in [6.07, 6.45) is 5.93. The van der Waals surface area contributed by atoms with E-state index < -0.39 is 0 Å². The first-order valence-electron chi connectivity index (χ1n) is 7.86. The van der Waals surface area contributed by atoms with Crippen molar-refractivity contribution in [3.8, 4) is 0 Å². The highest BCUT2D eigenvalue weighted by atomic mass is 16.1. The van der Waals surface area contributed by atoms with Gasteiger partial charge in [0.25, 0.3) is 0 Å². The van der Waals surface area contributed by atoms with Gasteiger partial charge < -0.3 is 10.6 Å². The van der Waals surface area contributed by atoms with Crippen LogP contribution in [0.1, 0.15) is 50.5 Å². The molecule has 1 aromatic rings. The fourth-order valence-corrected chi connectivity index (χ4v) is 3.03. The molecule has 110 valence electrons. The molecule has 1 saturated carbocycles. The Balaban J connectivity index is 1.89. The van der Waals surface area contributed by atoms with E-state index in [1.165, 1.54) is 31.2 Å². The number of hydrogen-bond donors (Lipinski definition) is 2. The number of nitrogens with one attached hydrogen (secondary N) is 2. The minimum atomic E-state index is 0.115. The molecule has 0 aliphatic heterocycles. The molecule has 0 heterocycles. The normalized spacial score (nSPS) is 22.4. The summed E-state index contributed by atoms with van der Waals surface area (Å²) in [6, 6.07) is 11.1. The van der Waals surface area contributed by atoms with Crippen molar-refractivity contribution in [1.82, 2.24) is 10.6 Å². The van der Waals surface area contributed by atoms with Crippen LogP contribution in [-0.4, -0.2) is 25.0 Å². The average molecular weight is 274 g/mol. The van der Waals surface area contributed by atoms with Crippen LogP contribution in [0.2, 0.25) is 0 Å².